The van der Waals surface area contributed by atoms with Crippen molar-refractivity contribution >= 4 is 8.56 Å². The number of rotatable bonds is 8. The molecule has 0 spiro atoms. The zero-order chi connectivity index (χ0) is 11.0. The maximum Gasteiger partial charge on any atom is 0.361 e. The summed E-state index contributed by atoms with van der Waals surface area (Å²) in [5, 5.41) is 0. The molecule has 84 valence electrons. The Morgan fingerprint density at radius 1 is 1.36 bits per heavy atom. The second kappa shape index (κ2) is 7.21. The third kappa shape index (κ3) is 5.57. The number of hydrogen-bond acceptors (Lipinski definition) is 2. The van der Waals surface area contributed by atoms with Gasteiger partial charge in [-0.15, -0.1) is 6.58 Å². The Kier molecular flexibility index (Phi) is 7.14. The van der Waals surface area contributed by atoms with Gasteiger partial charge < -0.3 is 8.85 Å². The van der Waals surface area contributed by atoms with Gasteiger partial charge in [-0.25, -0.2) is 0 Å². The van der Waals surface area contributed by atoms with Crippen LogP contribution in [0.25, 0.3) is 0 Å². The highest BCUT2D eigenvalue weighted by Crippen LogP contribution is 2.14. The van der Waals surface area contributed by atoms with Gasteiger partial charge in [0.05, 0.1) is 0 Å². The van der Waals surface area contributed by atoms with E-state index in [4.69, 9.17) is 8.85 Å². The Balaban J connectivity index is 4.02. The molecule has 0 saturated heterocycles. The Hall–Kier alpha value is -0.123. The summed E-state index contributed by atoms with van der Waals surface area (Å²) in [6.45, 7) is 13.0. The summed E-state index contributed by atoms with van der Waals surface area (Å²) in [7, 11) is -2.08. The molecule has 2 unspecified atom stereocenters. The van der Waals surface area contributed by atoms with Crippen LogP contribution < -0.4 is 0 Å². The van der Waals surface area contributed by atoms with Gasteiger partial charge in [0.1, 0.15) is 0 Å². The van der Waals surface area contributed by atoms with Crippen molar-refractivity contribution in [2.75, 3.05) is 6.61 Å². The van der Waals surface area contributed by atoms with Crippen molar-refractivity contribution in [3.63, 3.8) is 0 Å². The average Bonchev–Trinajstić information content (AvgIpc) is 2.15. The van der Waals surface area contributed by atoms with Crippen molar-refractivity contribution < 1.29 is 8.85 Å². The zero-order valence-corrected chi connectivity index (χ0v) is 11.0. The van der Waals surface area contributed by atoms with E-state index < -0.39 is 8.56 Å². The van der Waals surface area contributed by atoms with Crippen LogP contribution in [0.3, 0.4) is 0 Å². The molecule has 0 N–H and O–H groups in total. The van der Waals surface area contributed by atoms with Gasteiger partial charge >= 0.3 is 8.56 Å². The predicted molar refractivity (Wildman–Crippen MR) is 63.5 cm³/mol. The third-order valence-electron chi connectivity index (χ3n) is 2.09. The lowest BCUT2D eigenvalue weighted by molar-refractivity contribution is 0.129. The maximum absolute atomic E-state index is 5.93. The molecule has 0 aliphatic heterocycles. The smallest absolute Gasteiger partial charge is 0.361 e. The van der Waals surface area contributed by atoms with E-state index in [1.807, 2.05) is 5.70 Å². The topological polar surface area (TPSA) is 18.5 Å². The van der Waals surface area contributed by atoms with Crippen molar-refractivity contribution in [1.82, 2.24) is 0 Å². The normalized spacial score (nSPS) is 17.4. The first-order chi connectivity index (χ1) is 6.58. The summed E-state index contributed by atoms with van der Waals surface area (Å²) in [4.78, 5) is 0. The van der Waals surface area contributed by atoms with Gasteiger partial charge in [-0.1, -0.05) is 20.3 Å². The highest BCUT2D eigenvalue weighted by molar-refractivity contribution is 6.71. The van der Waals surface area contributed by atoms with E-state index in [0.717, 1.165) is 25.9 Å². The molecule has 2 nitrogen and oxygen atoms in total. The van der Waals surface area contributed by atoms with E-state index in [2.05, 4.69) is 33.9 Å². The highest BCUT2D eigenvalue weighted by Gasteiger charge is 2.29. The standard InChI is InChI=1S/C11H24O2Si/c1-6-9-11(4)13-14(5,8-3)12-10-7-2/h8,11H,3,6-7,9-10H2,1-2,4-5H3. The first-order valence-electron chi connectivity index (χ1n) is 5.53. The van der Waals surface area contributed by atoms with E-state index in [1.54, 1.807) is 0 Å². The minimum absolute atomic E-state index is 0.284. The fourth-order valence-electron chi connectivity index (χ4n) is 1.31. The molecule has 0 aromatic heterocycles. The molecule has 0 aliphatic rings. The van der Waals surface area contributed by atoms with Crippen LogP contribution in [0.2, 0.25) is 6.55 Å². The van der Waals surface area contributed by atoms with E-state index in [9.17, 15) is 0 Å². The molecule has 0 amide bonds. The van der Waals surface area contributed by atoms with Gasteiger partial charge in [-0.05, 0) is 32.0 Å². The maximum atomic E-state index is 5.93. The van der Waals surface area contributed by atoms with Gasteiger partial charge in [0.15, 0.2) is 0 Å². The van der Waals surface area contributed by atoms with Crippen molar-refractivity contribution in [1.29, 1.82) is 0 Å². The van der Waals surface area contributed by atoms with E-state index in [-0.39, 0.29) is 6.10 Å². The van der Waals surface area contributed by atoms with Gasteiger partial charge in [0.25, 0.3) is 0 Å². The van der Waals surface area contributed by atoms with Crippen LogP contribution in [-0.2, 0) is 8.85 Å². The molecule has 3 heteroatoms. The van der Waals surface area contributed by atoms with Crippen LogP contribution >= 0.6 is 0 Å². The second-order valence-electron chi connectivity index (χ2n) is 3.79. The minimum Gasteiger partial charge on any atom is -0.391 e. The lowest BCUT2D eigenvalue weighted by Gasteiger charge is -2.27. The molecule has 2 atom stereocenters. The molecule has 0 heterocycles. The van der Waals surface area contributed by atoms with Crippen LogP contribution in [0.5, 0.6) is 0 Å². The summed E-state index contributed by atoms with van der Waals surface area (Å²) < 4.78 is 11.7. The summed E-state index contributed by atoms with van der Waals surface area (Å²) in [5.74, 6) is 0. The molecular formula is C11H24O2Si. The molecule has 0 aromatic carbocycles. The lowest BCUT2D eigenvalue weighted by Crippen LogP contribution is -2.40. The first-order valence-corrected chi connectivity index (χ1v) is 7.92. The SMILES string of the molecule is C=C[Si](C)(OCCC)OC(C)CCC. The summed E-state index contributed by atoms with van der Waals surface area (Å²) in [5.41, 5.74) is 1.87. The molecule has 0 radical (unpaired) electrons. The van der Waals surface area contributed by atoms with E-state index >= 15 is 0 Å². The Morgan fingerprint density at radius 2 is 2.00 bits per heavy atom. The highest BCUT2D eigenvalue weighted by atomic mass is 28.4. The van der Waals surface area contributed by atoms with Crippen LogP contribution in [0.4, 0.5) is 0 Å². The Bertz CT molecular complexity index is 161. The summed E-state index contributed by atoms with van der Waals surface area (Å²) in [6.07, 6.45) is 3.55. The minimum atomic E-state index is -2.08. The summed E-state index contributed by atoms with van der Waals surface area (Å²) in [6, 6.07) is 0. The number of hydrogen-bond donors (Lipinski definition) is 0. The van der Waals surface area contributed by atoms with Crippen molar-refractivity contribution in [3.05, 3.63) is 12.3 Å². The van der Waals surface area contributed by atoms with Gasteiger partial charge in [-0.2, -0.15) is 0 Å². The zero-order valence-electron chi connectivity index (χ0n) is 10.0. The fraction of sp³-hybridized carbons (Fsp3) is 0.818. The van der Waals surface area contributed by atoms with Crippen molar-refractivity contribution in [2.45, 2.75) is 52.7 Å². The third-order valence-corrected chi connectivity index (χ3v) is 4.48. The quantitative estimate of drug-likeness (QED) is 0.579. The molecule has 0 bridgehead atoms. The molecule has 0 fully saturated rings. The molecule has 0 saturated carbocycles. The van der Waals surface area contributed by atoms with E-state index in [1.165, 1.54) is 0 Å². The van der Waals surface area contributed by atoms with Crippen molar-refractivity contribution in [2.24, 2.45) is 0 Å². The Morgan fingerprint density at radius 3 is 2.43 bits per heavy atom. The second-order valence-corrected chi connectivity index (χ2v) is 6.75. The molecule has 14 heavy (non-hydrogen) atoms. The molecule has 0 aliphatic carbocycles. The van der Waals surface area contributed by atoms with Crippen molar-refractivity contribution in [3.8, 4) is 0 Å². The largest absolute Gasteiger partial charge is 0.391 e. The fourth-order valence-corrected chi connectivity index (χ4v) is 3.12. The van der Waals surface area contributed by atoms with Crippen LogP contribution in [0.15, 0.2) is 12.3 Å². The first kappa shape index (κ1) is 13.9. The summed E-state index contributed by atoms with van der Waals surface area (Å²) >= 11 is 0. The molecule has 0 rings (SSSR count). The average molecular weight is 216 g/mol. The molecule has 0 aromatic rings. The van der Waals surface area contributed by atoms with Gasteiger partial charge in [0.2, 0.25) is 0 Å². The lowest BCUT2D eigenvalue weighted by atomic mass is 10.2. The van der Waals surface area contributed by atoms with Crippen LogP contribution in [-0.4, -0.2) is 21.3 Å². The van der Waals surface area contributed by atoms with E-state index in [0.29, 0.717) is 0 Å². The Labute approximate surface area is 89.6 Å². The van der Waals surface area contributed by atoms with Crippen LogP contribution in [0.1, 0.15) is 40.0 Å². The molecular weight excluding hydrogens is 192 g/mol. The van der Waals surface area contributed by atoms with Gasteiger partial charge in [-0.3, -0.25) is 0 Å². The van der Waals surface area contributed by atoms with Crippen LogP contribution in [0, 0.1) is 0 Å². The predicted octanol–water partition coefficient (Wildman–Crippen LogP) is 3.42. The van der Waals surface area contributed by atoms with Gasteiger partial charge in [0, 0.05) is 12.7 Å². The monoisotopic (exact) mass is 216 g/mol.